The molecule has 0 aromatic carbocycles. The molecule has 0 radical (unpaired) electrons. The second kappa shape index (κ2) is 4.51. The lowest BCUT2D eigenvalue weighted by Crippen LogP contribution is -2.46. The smallest absolute Gasteiger partial charge is 0.203 e. The lowest BCUT2D eigenvalue weighted by Gasteiger charge is -2.32. The van der Waals surface area contributed by atoms with E-state index in [4.69, 9.17) is 10.5 Å². The van der Waals surface area contributed by atoms with Crippen LogP contribution in [0.1, 0.15) is 5.82 Å². The maximum Gasteiger partial charge on any atom is 0.203 e. The fourth-order valence-corrected chi connectivity index (χ4v) is 2.21. The predicted octanol–water partition coefficient (Wildman–Crippen LogP) is -0.403. The van der Waals surface area contributed by atoms with E-state index < -0.39 is 0 Å². The van der Waals surface area contributed by atoms with Gasteiger partial charge in [-0.05, 0) is 6.92 Å². The van der Waals surface area contributed by atoms with Crippen LogP contribution in [-0.2, 0) is 4.74 Å². The summed E-state index contributed by atoms with van der Waals surface area (Å²) in [6.07, 6.45) is 3.70. The van der Waals surface area contributed by atoms with Crippen molar-refractivity contribution in [3.05, 3.63) is 18.2 Å². The Morgan fingerprint density at radius 2 is 2.39 bits per heavy atom. The van der Waals surface area contributed by atoms with E-state index in [1.807, 2.05) is 17.5 Å². The van der Waals surface area contributed by atoms with Gasteiger partial charge in [0.2, 0.25) is 5.65 Å². The molecule has 96 valence electrons. The highest BCUT2D eigenvalue weighted by molar-refractivity contribution is 5.63. The van der Waals surface area contributed by atoms with Crippen LogP contribution in [0.4, 0.5) is 5.82 Å². The molecule has 7 heteroatoms. The number of fused-ring (bicyclic) bond motifs is 1. The van der Waals surface area contributed by atoms with Crippen molar-refractivity contribution in [2.75, 3.05) is 31.1 Å². The third kappa shape index (κ3) is 1.81. The van der Waals surface area contributed by atoms with Crippen LogP contribution >= 0.6 is 0 Å². The molecule has 1 atom stereocenters. The molecule has 0 saturated carbocycles. The molecule has 1 unspecified atom stereocenters. The Hall–Kier alpha value is -1.73. The third-order valence-electron chi connectivity index (χ3n) is 3.18. The lowest BCUT2D eigenvalue weighted by atomic mass is 10.2. The number of anilines is 1. The summed E-state index contributed by atoms with van der Waals surface area (Å²) in [5, 5.41) is 8.26. The quantitative estimate of drug-likeness (QED) is 0.778. The number of nitrogens with zero attached hydrogens (tertiary/aromatic N) is 5. The van der Waals surface area contributed by atoms with Crippen LogP contribution in [0.25, 0.3) is 5.65 Å². The van der Waals surface area contributed by atoms with Crippen molar-refractivity contribution in [2.45, 2.75) is 13.0 Å². The molecule has 0 aliphatic carbocycles. The van der Waals surface area contributed by atoms with Crippen molar-refractivity contribution in [1.29, 1.82) is 0 Å². The zero-order valence-corrected chi connectivity index (χ0v) is 10.3. The minimum Gasteiger partial charge on any atom is -0.373 e. The summed E-state index contributed by atoms with van der Waals surface area (Å²) in [5.41, 5.74) is 6.44. The van der Waals surface area contributed by atoms with Crippen LogP contribution in [0.5, 0.6) is 0 Å². The largest absolute Gasteiger partial charge is 0.373 e. The highest BCUT2D eigenvalue weighted by atomic mass is 16.5. The second-order valence-corrected chi connectivity index (χ2v) is 4.37. The van der Waals surface area contributed by atoms with E-state index in [9.17, 15) is 0 Å². The van der Waals surface area contributed by atoms with Crippen molar-refractivity contribution in [2.24, 2.45) is 5.73 Å². The summed E-state index contributed by atoms with van der Waals surface area (Å²) in [6.45, 7) is 4.65. The van der Waals surface area contributed by atoms with Crippen LogP contribution in [0.2, 0.25) is 0 Å². The van der Waals surface area contributed by atoms with Crippen LogP contribution in [0, 0.1) is 6.92 Å². The fraction of sp³-hybridized carbons (Fsp3) is 0.545. The Morgan fingerprint density at radius 3 is 3.22 bits per heavy atom. The van der Waals surface area contributed by atoms with Gasteiger partial charge in [-0.2, -0.15) is 0 Å². The number of ether oxygens (including phenoxy) is 1. The van der Waals surface area contributed by atoms with Crippen molar-refractivity contribution < 1.29 is 4.74 Å². The van der Waals surface area contributed by atoms with Gasteiger partial charge in [0.05, 0.1) is 12.7 Å². The molecule has 1 saturated heterocycles. The van der Waals surface area contributed by atoms with Crippen LogP contribution in [0.3, 0.4) is 0 Å². The Bertz CT molecular complexity index is 553. The molecule has 3 heterocycles. The molecule has 18 heavy (non-hydrogen) atoms. The zero-order chi connectivity index (χ0) is 12.5. The van der Waals surface area contributed by atoms with Gasteiger partial charge in [-0.15, -0.1) is 10.2 Å². The Kier molecular flexibility index (Phi) is 2.85. The molecule has 0 amide bonds. The molecule has 1 fully saturated rings. The molecular weight excluding hydrogens is 232 g/mol. The van der Waals surface area contributed by atoms with E-state index in [0.717, 1.165) is 30.4 Å². The molecule has 7 nitrogen and oxygen atoms in total. The summed E-state index contributed by atoms with van der Waals surface area (Å²) in [6, 6.07) is 0. The highest BCUT2D eigenvalue weighted by Gasteiger charge is 2.23. The minimum absolute atomic E-state index is 0.0600. The molecule has 0 spiro atoms. The normalized spacial score (nSPS) is 20.6. The first-order valence-corrected chi connectivity index (χ1v) is 6.02. The van der Waals surface area contributed by atoms with Crippen LogP contribution in [0.15, 0.2) is 12.4 Å². The Morgan fingerprint density at radius 1 is 1.50 bits per heavy atom. The van der Waals surface area contributed by atoms with Gasteiger partial charge in [0.1, 0.15) is 5.82 Å². The van der Waals surface area contributed by atoms with Gasteiger partial charge < -0.3 is 15.4 Å². The van der Waals surface area contributed by atoms with E-state index in [0.29, 0.717) is 13.2 Å². The van der Waals surface area contributed by atoms with Crippen molar-refractivity contribution in [3.8, 4) is 0 Å². The van der Waals surface area contributed by atoms with Gasteiger partial charge in [-0.1, -0.05) is 0 Å². The summed E-state index contributed by atoms with van der Waals surface area (Å²) in [5.74, 6) is 1.71. The molecule has 2 aromatic rings. The Labute approximate surface area is 105 Å². The molecule has 1 aliphatic heterocycles. The van der Waals surface area contributed by atoms with Gasteiger partial charge in [-0.3, -0.25) is 4.40 Å². The van der Waals surface area contributed by atoms with Crippen LogP contribution < -0.4 is 10.6 Å². The lowest BCUT2D eigenvalue weighted by molar-refractivity contribution is 0.0463. The first kappa shape index (κ1) is 11.4. The molecule has 3 rings (SSSR count). The molecule has 0 bridgehead atoms. The summed E-state index contributed by atoms with van der Waals surface area (Å²) in [4.78, 5) is 6.58. The first-order chi connectivity index (χ1) is 8.79. The summed E-state index contributed by atoms with van der Waals surface area (Å²) in [7, 11) is 0. The van der Waals surface area contributed by atoms with E-state index in [2.05, 4.69) is 20.1 Å². The van der Waals surface area contributed by atoms with Crippen molar-refractivity contribution in [3.63, 3.8) is 0 Å². The Balaban J connectivity index is 1.98. The summed E-state index contributed by atoms with van der Waals surface area (Å²) < 4.78 is 7.50. The van der Waals surface area contributed by atoms with Gasteiger partial charge in [-0.25, -0.2) is 4.98 Å². The van der Waals surface area contributed by atoms with E-state index in [1.54, 1.807) is 6.20 Å². The van der Waals surface area contributed by atoms with Crippen molar-refractivity contribution >= 4 is 11.5 Å². The van der Waals surface area contributed by atoms with Gasteiger partial charge in [0, 0.05) is 32.0 Å². The number of hydrogen-bond donors (Lipinski definition) is 1. The number of aryl methyl sites for hydroxylation is 1. The SMILES string of the molecule is Cc1nnc2c(N3CCOC(CN)C3)nccn12. The highest BCUT2D eigenvalue weighted by Crippen LogP contribution is 2.19. The fourth-order valence-electron chi connectivity index (χ4n) is 2.21. The number of rotatable bonds is 2. The van der Waals surface area contributed by atoms with Crippen molar-refractivity contribution in [1.82, 2.24) is 19.6 Å². The summed E-state index contributed by atoms with van der Waals surface area (Å²) >= 11 is 0. The molecule has 2 N–H and O–H groups in total. The molecule has 1 aliphatic rings. The van der Waals surface area contributed by atoms with Gasteiger partial charge in [0.25, 0.3) is 0 Å². The standard InChI is InChI=1S/C11H16N6O/c1-8-14-15-11-10(13-2-3-17(8)11)16-4-5-18-9(6-12)7-16/h2-3,9H,4-7,12H2,1H3. The number of hydrogen-bond acceptors (Lipinski definition) is 6. The average molecular weight is 248 g/mol. The van der Waals surface area contributed by atoms with Gasteiger partial charge in [0.15, 0.2) is 5.82 Å². The minimum atomic E-state index is 0.0600. The number of aromatic nitrogens is 4. The molecular formula is C11H16N6O. The first-order valence-electron chi connectivity index (χ1n) is 6.02. The predicted molar refractivity (Wildman–Crippen MR) is 66.5 cm³/mol. The van der Waals surface area contributed by atoms with Crippen LogP contribution in [-0.4, -0.2) is 51.9 Å². The number of nitrogens with two attached hydrogens (primary N) is 1. The number of morpholine rings is 1. The van der Waals surface area contributed by atoms with Gasteiger partial charge >= 0.3 is 0 Å². The molecule has 2 aromatic heterocycles. The average Bonchev–Trinajstić information content (AvgIpc) is 2.81. The monoisotopic (exact) mass is 248 g/mol. The zero-order valence-electron chi connectivity index (χ0n) is 10.3. The van der Waals surface area contributed by atoms with E-state index in [-0.39, 0.29) is 6.10 Å². The second-order valence-electron chi connectivity index (χ2n) is 4.37. The maximum atomic E-state index is 5.66. The maximum absolute atomic E-state index is 5.66. The van der Waals surface area contributed by atoms with E-state index in [1.165, 1.54) is 0 Å². The third-order valence-corrected chi connectivity index (χ3v) is 3.18. The van der Waals surface area contributed by atoms with E-state index >= 15 is 0 Å². The topological polar surface area (TPSA) is 81.6 Å².